The number of aromatic carboxylic acids is 1. The summed E-state index contributed by atoms with van der Waals surface area (Å²) >= 11 is 7.45. The summed E-state index contributed by atoms with van der Waals surface area (Å²) in [5, 5.41) is 14.7. The van der Waals surface area contributed by atoms with E-state index >= 15 is 0 Å². The van der Waals surface area contributed by atoms with E-state index < -0.39 is 5.97 Å². The van der Waals surface area contributed by atoms with Gasteiger partial charge in [0.2, 0.25) is 5.91 Å². The Morgan fingerprint density at radius 2 is 2.18 bits per heavy atom. The third-order valence-electron chi connectivity index (χ3n) is 2.99. The Bertz CT molecular complexity index is 700. The molecule has 0 aliphatic heterocycles. The number of halogens is 1. The number of aromatic nitrogens is 1. The van der Waals surface area contributed by atoms with Crippen LogP contribution < -0.4 is 5.32 Å². The Morgan fingerprint density at radius 3 is 2.77 bits per heavy atom. The average Bonchev–Trinajstić information content (AvgIpc) is 2.84. The Balaban J connectivity index is 1.84. The third-order valence-corrected chi connectivity index (χ3v) is 4.12. The highest BCUT2D eigenvalue weighted by Crippen LogP contribution is 2.21. The summed E-state index contributed by atoms with van der Waals surface area (Å²) in [7, 11) is 0. The molecule has 1 amide bonds. The van der Waals surface area contributed by atoms with E-state index in [1.807, 2.05) is 12.3 Å². The number of benzene rings is 1. The number of carbonyl (C=O) groups excluding carboxylic acids is 1. The van der Waals surface area contributed by atoms with Crippen molar-refractivity contribution in [2.24, 2.45) is 0 Å². The van der Waals surface area contributed by atoms with Gasteiger partial charge in [0, 0.05) is 17.5 Å². The zero-order valence-electron chi connectivity index (χ0n) is 11.9. The number of nitrogens with one attached hydrogen (secondary N) is 1. The number of amides is 1. The zero-order chi connectivity index (χ0) is 16.1. The molecule has 0 atom stereocenters. The molecule has 2 aromatic rings. The lowest BCUT2D eigenvalue weighted by molar-refractivity contribution is -0.116. The topological polar surface area (TPSA) is 79.3 Å². The Hall–Kier alpha value is -1.92. The maximum absolute atomic E-state index is 11.8. The van der Waals surface area contributed by atoms with Crippen LogP contribution in [0.15, 0.2) is 23.6 Å². The molecule has 0 aliphatic rings. The van der Waals surface area contributed by atoms with Crippen molar-refractivity contribution in [2.75, 3.05) is 5.32 Å². The monoisotopic (exact) mass is 338 g/mol. The van der Waals surface area contributed by atoms with Crippen molar-refractivity contribution in [1.29, 1.82) is 0 Å². The van der Waals surface area contributed by atoms with Crippen LogP contribution in [0.3, 0.4) is 0 Å². The summed E-state index contributed by atoms with van der Waals surface area (Å²) in [4.78, 5) is 27.0. The quantitative estimate of drug-likeness (QED) is 0.840. The molecular weight excluding hydrogens is 324 g/mol. The molecule has 0 aliphatic carbocycles. The normalized spacial score (nSPS) is 10.5. The fourth-order valence-electron chi connectivity index (χ4n) is 1.94. The van der Waals surface area contributed by atoms with Crippen molar-refractivity contribution in [3.63, 3.8) is 0 Å². The molecule has 22 heavy (non-hydrogen) atoms. The number of nitrogens with zero attached hydrogens (tertiary/aromatic N) is 1. The van der Waals surface area contributed by atoms with Crippen LogP contribution in [0.25, 0.3) is 0 Å². The van der Waals surface area contributed by atoms with Crippen LogP contribution in [0.5, 0.6) is 0 Å². The number of anilines is 1. The predicted octanol–water partition coefficient (Wildman–Crippen LogP) is 3.76. The van der Waals surface area contributed by atoms with Crippen molar-refractivity contribution >= 4 is 40.5 Å². The summed E-state index contributed by atoms with van der Waals surface area (Å²) in [6.45, 7) is 1.95. The lowest BCUT2D eigenvalue weighted by Crippen LogP contribution is -2.12. The number of carboxylic acid groups (broad SMARTS) is 1. The van der Waals surface area contributed by atoms with Crippen molar-refractivity contribution in [2.45, 2.75) is 26.2 Å². The van der Waals surface area contributed by atoms with E-state index in [9.17, 15) is 9.59 Å². The van der Waals surface area contributed by atoms with Crippen LogP contribution in [0.2, 0.25) is 5.02 Å². The molecule has 0 spiro atoms. The van der Waals surface area contributed by atoms with Gasteiger partial charge in [-0.3, -0.25) is 4.79 Å². The minimum absolute atomic E-state index is 0.0126. The number of rotatable bonds is 6. The zero-order valence-corrected chi connectivity index (χ0v) is 13.5. The molecule has 0 radical (unpaired) electrons. The smallest absolute Gasteiger partial charge is 0.337 e. The van der Waals surface area contributed by atoms with Crippen molar-refractivity contribution in [1.82, 2.24) is 4.98 Å². The molecule has 7 heteroatoms. The molecule has 2 rings (SSSR count). The van der Waals surface area contributed by atoms with E-state index in [1.54, 1.807) is 11.3 Å². The van der Waals surface area contributed by atoms with Crippen molar-refractivity contribution in [3.05, 3.63) is 44.9 Å². The van der Waals surface area contributed by atoms with Gasteiger partial charge in [0.1, 0.15) is 0 Å². The van der Waals surface area contributed by atoms with Gasteiger partial charge >= 0.3 is 5.97 Å². The first kappa shape index (κ1) is 16.5. The van der Waals surface area contributed by atoms with Gasteiger partial charge < -0.3 is 10.4 Å². The second-order valence-electron chi connectivity index (χ2n) is 4.76. The molecule has 0 fully saturated rings. The summed E-state index contributed by atoms with van der Waals surface area (Å²) in [5.74, 6) is -1.23. The van der Waals surface area contributed by atoms with Gasteiger partial charge in [0.25, 0.3) is 0 Å². The highest BCUT2D eigenvalue weighted by Gasteiger charge is 2.10. The van der Waals surface area contributed by atoms with Crippen LogP contribution in [0.1, 0.15) is 33.9 Å². The molecule has 1 aromatic carbocycles. The largest absolute Gasteiger partial charge is 0.478 e. The van der Waals surface area contributed by atoms with E-state index in [1.165, 1.54) is 18.2 Å². The number of carboxylic acids is 1. The average molecular weight is 339 g/mol. The number of aryl methyl sites for hydroxylation is 2. The van der Waals surface area contributed by atoms with Crippen LogP contribution in [0, 0.1) is 6.92 Å². The first-order chi connectivity index (χ1) is 10.5. The molecule has 2 N–H and O–H groups in total. The van der Waals surface area contributed by atoms with E-state index in [2.05, 4.69) is 10.3 Å². The van der Waals surface area contributed by atoms with Crippen molar-refractivity contribution < 1.29 is 14.7 Å². The predicted molar refractivity (Wildman–Crippen MR) is 86.8 cm³/mol. The van der Waals surface area contributed by atoms with E-state index in [0.717, 1.165) is 17.1 Å². The van der Waals surface area contributed by atoms with Gasteiger partial charge in [-0.15, -0.1) is 11.3 Å². The third kappa shape index (κ3) is 4.54. The summed E-state index contributed by atoms with van der Waals surface area (Å²) in [6.07, 6.45) is 1.83. The number of hydrogen-bond acceptors (Lipinski definition) is 4. The lowest BCUT2D eigenvalue weighted by atomic mass is 10.2. The molecule has 0 saturated carbocycles. The minimum atomic E-state index is -1.10. The molecule has 0 unspecified atom stereocenters. The first-order valence-corrected chi connectivity index (χ1v) is 7.95. The summed E-state index contributed by atoms with van der Waals surface area (Å²) in [5.41, 5.74) is 1.51. The number of carbonyl (C=O) groups is 2. The molecule has 116 valence electrons. The highest BCUT2D eigenvalue weighted by molar-refractivity contribution is 7.09. The lowest BCUT2D eigenvalue weighted by Gasteiger charge is -2.06. The number of thiazole rings is 1. The van der Waals surface area contributed by atoms with E-state index in [0.29, 0.717) is 18.5 Å². The number of hydrogen-bond donors (Lipinski definition) is 2. The van der Waals surface area contributed by atoms with E-state index in [4.69, 9.17) is 16.7 Å². The van der Waals surface area contributed by atoms with Crippen LogP contribution in [0.4, 0.5) is 5.69 Å². The fourth-order valence-corrected chi connectivity index (χ4v) is 2.85. The summed E-state index contributed by atoms with van der Waals surface area (Å²) in [6, 6.07) is 4.34. The van der Waals surface area contributed by atoms with Crippen molar-refractivity contribution in [3.8, 4) is 0 Å². The Labute approximate surface area is 137 Å². The van der Waals surface area contributed by atoms with Gasteiger partial charge in [-0.25, -0.2) is 9.78 Å². The SMILES string of the molecule is Cc1nc(CCCC(=O)Nc2ccc(C(=O)O)c(Cl)c2)cs1. The Kier molecular flexibility index (Phi) is 5.51. The van der Waals surface area contributed by atoms with Gasteiger partial charge in [0.15, 0.2) is 0 Å². The molecule has 1 aromatic heterocycles. The van der Waals surface area contributed by atoms with Gasteiger partial charge in [-0.05, 0) is 38.0 Å². The fraction of sp³-hybridized carbons (Fsp3) is 0.267. The maximum Gasteiger partial charge on any atom is 0.337 e. The summed E-state index contributed by atoms with van der Waals surface area (Å²) < 4.78 is 0. The second-order valence-corrected chi connectivity index (χ2v) is 6.23. The van der Waals surface area contributed by atoms with Crippen LogP contribution in [-0.2, 0) is 11.2 Å². The standard InChI is InChI=1S/C15H15ClN2O3S/c1-9-17-11(8-22-9)3-2-4-14(19)18-10-5-6-12(15(20)21)13(16)7-10/h5-8H,2-4H2,1H3,(H,18,19)(H,20,21). The maximum atomic E-state index is 11.8. The Morgan fingerprint density at radius 1 is 1.41 bits per heavy atom. The minimum Gasteiger partial charge on any atom is -0.478 e. The molecule has 0 bridgehead atoms. The van der Waals surface area contributed by atoms with Gasteiger partial charge in [-0.1, -0.05) is 11.6 Å². The van der Waals surface area contributed by atoms with Crippen LogP contribution >= 0.6 is 22.9 Å². The van der Waals surface area contributed by atoms with Gasteiger partial charge in [0.05, 0.1) is 21.3 Å². The molecular formula is C15H15ClN2O3S. The molecule has 1 heterocycles. The van der Waals surface area contributed by atoms with Crippen LogP contribution in [-0.4, -0.2) is 22.0 Å². The molecule has 0 saturated heterocycles. The van der Waals surface area contributed by atoms with E-state index in [-0.39, 0.29) is 16.5 Å². The molecule has 5 nitrogen and oxygen atoms in total. The van der Waals surface area contributed by atoms with Gasteiger partial charge in [-0.2, -0.15) is 0 Å². The second kappa shape index (κ2) is 7.38. The highest BCUT2D eigenvalue weighted by atomic mass is 35.5. The first-order valence-electron chi connectivity index (χ1n) is 6.69.